The fourth-order valence-electron chi connectivity index (χ4n) is 2.86. The molecule has 0 amide bonds. The summed E-state index contributed by atoms with van der Waals surface area (Å²) in [5, 5.41) is 3.23. The van der Waals surface area contributed by atoms with E-state index in [1.54, 1.807) is 11.3 Å². The van der Waals surface area contributed by atoms with Gasteiger partial charge in [0.2, 0.25) is 0 Å². The van der Waals surface area contributed by atoms with E-state index in [-0.39, 0.29) is 11.5 Å². The van der Waals surface area contributed by atoms with Gasteiger partial charge in [0.25, 0.3) is 0 Å². The number of aromatic nitrogens is 3. The van der Waals surface area contributed by atoms with Crippen molar-refractivity contribution in [1.82, 2.24) is 15.0 Å². The molecule has 4 rings (SSSR count). The summed E-state index contributed by atoms with van der Waals surface area (Å²) < 4.78 is 5.99. The van der Waals surface area contributed by atoms with E-state index in [0.717, 1.165) is 35.4 Å². The monoisotopic (exact) mass is 344 g/mol. The Labute approximate surface area is 147 Å². The van der Waals surface area contributed by atoms with Crippen molar-refractivity contribution in [3.8, 4) is 0 Å². The summed E-state index contributed by atoms with van der Waals surface area (Å²) in [6.07, 6.45) is 4.37. The maximum atomic E-state index is 5.99. The highest BCUT2D eigenvalue weighted by Crippen LogP contribution is 2.38. The van der Waals surface area contributed by atoms with Gasteiger partial charge in [-0.05, 0) is 18.9 Å². The van der Waals surface area contributed by atoms with Crippen LogP contribution in [0, 0.1) is 0 Å². The van der Waals surface area contributed by atoms with Crippen LogP contribution in [0.3, 0.4) is 0 Å². The Hall–Kier alpha value is -1.53. The van der Waals surface area contributed by atoms with Gasteiger partial charge in [0.05, 0.1) is 18.8 Å². The summed E-state index contributed by atoms with van der Waals surface area (Å²) in [4.78, 5) is 16.3. The molecule has 1 atom stereocenters. The van der Waals surface area contributed by atoms with Crippen molar-refractivity contribution >= 4 is 17.2 Å². The molecule has 1 saturated heterocycles. The van der Waals surface area contributed by atoms with Crippen LogP contribution in [-0.4, -0.2) is 34.6 Å². The molecule has 0 N–H and O–H groups in total. The van der Waals surface area contributed by atoms with Gasteiger partial charge in [0.15, 0.2) is 0 Å². The lowest BCUT2D eigenvalue weighted by molar-refractivity contribution is 0.0392. The lowest BCUT2D eigenvalue weighted by atomic mass is 9.93. The predicted molar refractivity (Wildman–Crippen MR) is 95.7 cm³/mol. The molecule has 2 fully saturated rings. The van der Waals surface area contributed by atoms with E-state index in [1.165, 1.54) is 12.8 Å². The Morgan fingerprint density at radius 1 is 1.25 bits per heavy atom. The zero-order valence-corrected chi connectivity index (χ0v) is 15.3. The third kappa shape index (κ3) is 3.30. The fourth-order valence-corrected chi connectivity index (χ4v) is 3.95. The number of hydrogen-bond acceptors (Lipinski definition) is 6. The van der Waals surface area contributed by atoms with E-state index in [2.05, 4.69) is 36.0 Å². The Morgan fingerprint density at radius 3 is 2.79 bits per heavy atom. The molecule has 1 aliphatic carbocycles. The first-order valence-corrected chi connectivity index (χ1v) is 9.54. The quantitative estimate of drug-likeness (QED) is 0.850. The molecule has 2 aliphatic rings. The van der Waals surface area contributed by atoms with Gasteiger partial charge in [-0.15, -0.1) is 11.3 Å². The average Bonchev–Trinajstić information content (AvgIpc) is 3.30. The highest BCUT2D eigenvalue weighted by Gasteiger charge is 2.29. The molecule has 6 heteroatoms. The Morgan fingerprint density at radius 2 is 2.08 bits per heavy atom. The van der Waals surface area contributed by atoms with Crippen molar-refractivity contribution in [2.75, 3.05) is 24.6 Å². The van der Waals surface area contributed by atoms with Crippen LogP contribution in [0.1, 0.15) is 62.2 Å². The number of thiazole rings is 1. The van der Waals surface area contributed by atoms with Gasteiger partial charge in [-0.25, -0.2) is 15.0 Å². The first-order valence-electron chi connectivity index (χ1n) is 8.66. The molecule has 24 heavy (non-hydrogen) atoms. The Balaban J connectivity index is 1.51. The number of rotatable bonds is 3. The molecule has 2 aromatic heterocycles. The van der Waals surface area contributed by atoms with Crippen molar-refractivity contribution in [2.45, 2.75) is 51.0 Å². The van der Waals surface area contributed by atoms with E-state index >= 15 is 0 Å². The van der Waals surface area contributed by atoms with Crippen LogP contribution < -0.4 is 4.90 Å². The number of morpholine rings is 1. The minimum absolute atomic E-state index is 0.0270. The van der Waals surface area contributed by atoms with Gasteiger partial charge in [-0.3, -0.25) is 0 Å². The summed E-state index contributed by atoms with van der Waals surface area (Å²) in [7, 11) is 0. The molecule has 0 spiro atoms. The molecular formula is C18H24N4OS. The van der Waals surface area contributed by atoms with E-state index < -0.39 is 0 Å². The largest absolute Gasteiger partial charge is 0.367 e. The van der Waals surface area contributed by atoms with E-state index in [0.29, 0.717) is 12.5 Å². The second kappa shape index (κ2) is 6.08. The number of hydrogen-bond donors (Lipinski definition) is 0. The summed E-state index contributed by atoms with van der Waals surface area (Å²) in [6.45, 7) is 8.96. The Bertz CT molecular complexity index is 720. The number of ether oxygens (including phenoxy) is 1. The molecular weight excluding hydrogens is 320 g/mol. The summed E-state index contributed by atoms with van der Waals surface area (Å²) >= 11 is 1.70. The van der Waals surface area contributed by atoms with E-state index in [4.69, 9.17) is 14.7 Å². The van der Waals surface area contributed by atoms with Gasteiger partial charge < -0.3 is 9.64 Å². The molecule has 1 aliphatic heterocycles. The fraction of sp³-hybridized carbons (Fsp3) is 0.611. The molecule has 0 aromatic carbocycles. The predicted octanol–water partition coefficient (Wildman–Crippen LogP) is 3.69. The normalized spacial score (nSPS) is 22.0. The van der Waals surface area contributed by atoms with Crippen LogP contribution in [0.25, 0.3) is 0 Å². The first kappa shape index (κ1) is 16.0. The van der Waals surface area contributed by atoms with Crippen molar-refractivity contribution in [2.24, 2.45) is 0 Å². The summed E-state index contributed by atoms with van der Waals surface area (Å²) in [5.74, 6) is 2.60. The number of nitrogens with zero attached hydrogens (tertiary/aromatic N) is 4. The minimum Gasteiger partial charge on any atom is -0.367 e. The first-order chi connectivity index (χ1) is 11.5. The zero-order chi connectivity index (χ0) is 16.7. The van der Waals surface area contributed by atoms with Gasteiger partial charge >= 0.3 is 0 Å². The lowest BCUT2D eigenvalue weighted by Gasteiger charge is -2.33. The molecule has 1 unspecified atom stereocenters. The number of anilines is 1. The molecule has 1 saturated carbocycles. The molecule has 0 bridgehead atoms. The van der Waals surface area contributed by atoms with Crippen LogP contribution in [-0.2, 0) is 10.2 Å². The van der Waals surface area contributed by atoms with E-state index in [1.807, 2.05) is 12.3 Å². The van der Waals surface area contributed by atoms with Crippen LogP contribution in [0.5, 0.6) is 0 Å². The zero-order valence-electron chi connectivity index (χ0n) is 14.5. The maximum absolute atomic E-state index is 5.99. The smallest absolute Gasteiger partial charge is 0.133 e. The van der Waals surface area contributed by atoms with Crippen LogP contribution in [0.15, 0.2) is 17.6 Å². The standard InChI is InChI=1S/C18H24N4OS/c1-18(2,3)14-11-24-17(20-14)13-10-22(8-9-23-13)15-6-7-19-16(21-15)12-4-5-12/h6-7,11-13H,4-5,8-10H2,1-3H3. The van der Waals surface area contributed by atoms with Gasteiger partial charge in [0, 0.05) is 29.5 Å². The second-order valence-corrected chi connectivity index (χ2v) is 8.56. The second-order valence-electron chi connectivity index (χ2n) is 7.67. The SMILES string of the molecule is CC(C)(C)c1csc(C2CN(c3ccnc(C4CC4)n3)CCO2)n1. The molecule has 3 heterocycles. The highest BCUT2D eigenvalue weighted by atomic mass is 32.1. The van der Waals surface area contributed by atoms with Crippen molar-refractivity contribution < 1.29 is 4.74 Å². The molecule has 5 nitrogen and oxygen atoms in total. The molecule has 128 valence electrons. The van der Waals surface area contributed by atoms with Gasteiger partial charge in [0.1, 0.15) is 22.8 Å². The highest BCUT2D eigenvalue weighted by molar-refractivity contribution is 7.09. The summed E-state index contributed by atoms with van der Waals surface area (Å²) in [6, 6.07) is 2.01. The maximum Gasteiger partial charge on any atom is 0.133 e. The van der Waals surface area contributed by atoms with Crippen molar-refractivity contribution in [3.63, 3.8) is 0 Å². The third-order valence-electron chi connectivity index (χ3n) is 4.56. The van der Waals surface area contributed by atoms with Crippen LogP contribution >= 0.6 is 11.3 Å². The third-order valence-corrected chi connectivity index (χ3v) is 5.50. The lowest BCUT2D eigenvalue weighted by Crippen LogP contribution is -2.39. The van der Waals surface area contributed by atoms with Crippen LogP contribution in [0.2, 0.25) is 0 Å². The molecule has 2 aromatic rings. The van der Waals surface area contributed by atoms with Crippen LogP contribution in [0.4, 0.5) is 5.82 Å². The minimum atomic E-state index is 0.0270. The van der Waals surface area contributed by atoms with E-state index in [9.17, 15) is 0 Å². The van der Waals surface area contributed by atoms with Gasteiger partial charge in [-0.2, -0.15) is 0 Å². The molecule has 0 radical (unpaired) electrons. The average molecular weight is 344 g/mol. The Kier molecular flexibility index (Phi) is 4.04. The van der Waals surface area contributed by atoms with Gasteiger partial charge in [-0.1, -0.05) is 20.8 Å². The summed E-state index contributed by atoms with van der Waals surface area (Å²) in [5.41, 5.74) is 1.22. The van der Waals surface area contributed by atoms with Crippen molar-refractivity contribution in [1.29, 1.82) is 0 Å². The van der Waals surface area contributed by atoms with Crippen molar-refractivity contribution in [3.05, 3.63) is 34.2 Å². The topological polar surface area (TPSA) is 51.1 Å².